The zero-order valence-corrected chi connectivity index (χ0v) is 10.9. The van der Waals surface area contributed by atoms with E-state index in [1.54, 1.807) is 12.1 Å². The SMILES string of the molecule is CCCCCC1COB(c2ccc(F)cc2)OC1. The highest BCUT2D eigenvalue weighted by atomic mass is 19.1. The van der Waals surface area contributed by atoms with Crippen molar-refractivity contribution in [2.45, 2.75) is 32.6 Å². The minimum absolute atomic E-state index is 0.230. The lowest BCUT2D eigenvalue weighted by Crippen LogP contribution is -2.44. The second kappa shape index (κ2) is 6.91. The van der Waals surface area contributed by atoms with Crippen LogP contribution in [0.5, 0.6) is 0 Å². The molecule has 98 valence electrons. The molecule has 0 unspecified atom stereocenters. The van der Waals surface area contributed by atoms with Gasteiger partial charge in [-0.15, -0.1) is 0 Å². The molecule has 1 aliphatic rings. The maximum Gasteiger partial charge on any atom is 0.493 e. The highest BCUT2D eigenvalue weighted by Crippen LogP contribution is 2.16. The van der Waals surface area contributed by atoms with Gasteiger partial charge < -0.3 is 9.31 Å². The molecule has 0 aliphatic carbocycles. The van der Waals surface area contributed by atoms with E-state index in [-0.39, 0.29) is 12.9 Å². The Morgan fingerprint density at radius 3 is 2.44 bits per heavy atom. The van der Waals surface area contributed by atoms with Gasteiger partial charge in [0.05, 0.1) is 0 Å². The highest BCUT2D eigenvalue weighted by molar-refractivity contribution is 6.61. The first-order valence-corrected chi connectivity index (χ1v) is 6.78. The topological polar surface area (TPSA) is 18.5 Å². The van der Waals surface area contributed by atoms with Crippen LogP contribution in [0.4, 0.5) is 4.39 Å². The molecule has 1 aliphatic heterocycles. The summed E-state index contributed by atoms with van der Waals surface area (Å²) in [7, 11) is -0.326. The zero-order chi connectivity index (χ0) is 12.8. The predicted octanol–water partition coefficient (Wildman–Crippen LogP) is 2.76. The van der Waals surface area contributed by atoms with Gasteiger partial charge in [-0.3, -0.25) is 0 Å². The molecule has 0 N–H and O–H groups in total. The second-order valence-corrected chi connectivity index (χ2v) is 4.91. The molecular formula is C14H20BFO2. The van der Waals surface area contributed by atoms with Crippen LogP contribution in [-0.4, -0.2) is 20.3 Å². The van der Waals surface area contributed by atoms with Gasteiger partial charge in [0, 0.05) is 19.1 Å². The number of hydrogen-bond acceptors (Lipinski definition) is 2. The Bertz CT molecular complexity index is 347. The fraction of sp³-hybridized carbons (Fsp3) is 0.571. The Hall–Kier alpha value is -0.865. The smallest absolute Gasteiger partial charge is 0.407 e. The Balaban J connectivity index is 1.77. The van der Waals surface area contributed by atoms with E-state index < -0.39 is 0 Å². The van der Waals surface area contributed by atoms with Crippen LogP contribution in [0.1, 0.15) is 32.6 Å². The van der Waals surface area contributed by atoms with Gasteiger partial charge in [-0.05, 0) is 24.0 Å². The lowest BCUT2D eigenvalue weighted by atomic mass is 9.77. The fourth-order valence-electron chi connectivity index (χ4n) is 2.21. The fourth-order valence-corrected chi connectivity index (χ4v) is 2.21. The van der Waals surface area contributed by atoms with Crippen molar-refractivity contribution in [2.75, 3.05) is 13.2 Å². The molecule has 0 saturated carbocycles. The van der Waals surface area contributed by atoms with Crippen LogP contribution in [0, 0.1) is 11.7 Å². The Morgan fingerprint density at radius 1 is 1.17 bits per heavy atom. The maximum absolute atomic E-state index is 12.8. The second-order valence-electron chi connectivity index (χ2n) is 4.91. The molecule has 1 aromatic carbocycles. The van der Waals surface area contributed by atoms with Crippen molar-refractivity contribution >= 4 is 12.6 Å². The third kappa shape index (κ3) is 3.82. The first-order valence-electron chi connectivity index (χ1n) is 6.78. The minimum Gasteiger partial charge on any atom is -0.407 e. The lowest BCUT2D eigenvalue weighted by Gasteiger charge is -2.27. The van der Waals surface area contributed by atoms with Gasteiger partial charge in [0.1, 0.15) is 5.82 Å². The summed E-state index contributed by atoms with van der Waals surface area (Å²) in [6.07, 6.45) is 4.93. The van der Waals surface area contributed by atoms with Gasteiger partial charge in [-0.25, -0.2) is 4.39 Å². The lowest BCUT2D eigenvalue weighted by molar-refractivity contribution is 0.0811. The summed E-state index contributed by atoms with van der Waals surface area (Å²) in [6.45, 7) is 3.69. The van der Waals surface area contributed by atoms with Crippen LogP contribution in [0.3, 0.4) is 0 Å². The standard InChI is InChI=1S/C14H20BFO2/c1-2-3-4-5-12-10-17-15(18-11-12)13-6-8-14(16)9-7-13/h6-9,12H,2-5,10-11H2,1H3. The molecule has 0 aromatic heterocycles. The van der Waals surface area contributed by atoms with Gasteiger partial charge >= 0.3 is 7.12 Å². The number of halogens is 1. The third-order valence-corrected chi connectivity index (χ3v) is 3.32. The van der Waals surface area contributed by atoms with Crippen molar-refractivity contribution in [3.8, 4) is 0 Å². The molecule has 0 bridgehead atoms. The van der Waals surface area contributed by atoms with E-state index >= 15 is 0 Å². The van der Waals surface area contributed by atoms with Crippen molar-refractivity contribution < 1.29 is 13.7 Å². The average molecular weight is 250 g/mol. The summed E-state index contributed by atoms with van der Waals surface area (Å²) >= 11 is 0. The number of rotatable bonds is 5. The van der Waals surface area contributed by atoms with E-state index in [9.17, 15) is 4.39 Å². The Morgan fingerprint density at radius 2 is 1.83 bits per heavy atom. The Kier molecular flexibility index (Phi) is 5.20. The molecule has 1 fully saturated rings. The molecule has 0 atom stereocenters. The quantitative estimate of drug-likeness (QED) is 0.591. The van der Waals surface area contributed by atoms with Crippen molar-refractivity contribution in [2.24, 2.45) is 5.92 Å². The largest absolute Gasteiger partial charge is 0.493 e. The van der Waals surface area contributed by atoms with Gasteiger partial charge in [-0.1, -0.05) is 38.3 Å². The first kappa shape index (κ1) is 13.6. The van der Waals surface area contributed by atoms with E-state index in [1.807, 2.05) is 0 Å². The monoisotopic (exact) mass is 250 g/mol. The van der Waals surface area contributed by atoms with E-state index in [1.165, 1.54) is 37.8 Å². The van der Waals surface area contributed by atoms with Crippen LogP contribution < -0.4 is 5.46 Å². The molecule has 2 nitrogen and oxygen atoms in total. The van der Waals surface area contributed by atoms with Crippen molar-refractivity contribution in [1.29, 1.82) is 0 Å². The van der Waals surface area contributed by atoms with Crippen LogP contribution >= 0.6 is 0 Å². The Labute approximate surface area is 109 Å². The molecule has 4 heteroatoms. The summed E-state index contributed by atoms with van der Waals surface area (Å²) in [4.78, 5) is 0. The van der Waals surface area contributed by atoms with Gasteiger partial charge in [-0.2, -0.15) is 0 Å². The predicted molar refractivity (Wildman–Crippen MR) is 71.3 cm³/mol. The number of hydrogen-bond donors (Lipinski definition) is 0. The van der Waals surface area contributed by atoms with Gasteiger partial charge in [0.2, 0.25) is 0 Å². The van der Waals surface area contributed by atoms with E-state index in [2.05, 4.69) is 6.92 Å². The summed E-state index contributed by atoms with van der Waals surface area (Å²) in [6, 6.07) is 6.32. The first-order chi connectivity index (χ1) is 8.79. The van der Waals surface area contributed by atoms with Gasteiger partial charge in [0.15, 0.2) is 0 Å². The van der Waals surface area contributed by atoms with E-state index in [4.69, 9.17) is 9.31 Å². The van der Waals surface area contributed by atoms with Crippen molar-refractivity contribution in [3.05, 3.63) is 30.1 Å². The summed E-state index contributed by atoms with van der Waals surface area (Å²) in [5.74, 6) is 0.278. The number of unbranched alkanes of at least 4 members (excludes halogenated alkanes) is 2. The molecule has 0 radical (unpaired) electrons. The molecule has 1 saturated heterocycles. The molecular weight excluding hydrogens is 230 g/mol. The van der Waals surface area contributed by atoms with Crippen LogP contribution in [0.25, 0.3) is 0 Å². The normalized spacial score (nSPS) is 17.1. The molecule has 0 spiro atoms. The number of benzene rings is 1. The van der Waals surface area contributed by atoms with Crippen LogP contribution in [0.2, 0.25) is 0 Å². The minimum atomic E-state index is -0.326. The molecule has 2 rings (SSSR count). The van der Waals surface area contributed by atoms with Crippen LogP contribution in [0.15, 0.2) is 24.3 Å². The third-order valence-electron chi connectivity index (χ3n) is 3.32. The highest BCUT2D eigenvalue weighted by Gasteiger charge is 2.28. The molecule has 1 aromatic rings. The maximum atomic E-state index is 12.8. The summed E-state index contributed by atoms with van der Waals surface area (Å²) in [5.41, 5.74) is 0.892. The average Bonchev–Trinajstić information content (AvgIpc) is 2.41. The van der Waals surface area contributed by atoms with Crippen molar-refractivity contribution in [3.63, 3.8) is 0 Å². The molecule has 18 heavy (non-hydrogen) atoms. The summed E-state index contributed by atoms with van der Waals surface area (Å²) in [5, 5.41) is 0. The zero-order valence-electron chi connectivity index (χ0n) is 10.9. The van der Waals surface area contributed by atoms with Crippen LogP contribution in [-0.2, 0) is 9.31 Å². The molecule has 0 amide bonds. The van der Waals surface area contributed by atoms with Gasteiger partial charge in [0.25, 0.3) is 0 Å². The van der Waals surface area contributed by atoms with E-state index in [0.29, 0.717) is 5.92 Å². The van der Waals surface area contributed by atoms with Crippen molar-refractivity contribution in [1.82, 2.24) is 0 Å². The summed E-state index contributed by atoms with van der Waals surface area (Å²) < 4.78 is 24.2. The molecule has 1 heterocycles. The van der Waals surface area contributed by atoms with E-state index in [0.717, 1.165) is 18.7 Å².